The molecule has 270 valence electrons. The van der Waals surface area contributed by atoms with Gasteiger partial charge in [-0.1, -0.05) is 12.1 Å². The molecule has 1 atom stereocenters. The van der Waals surface area contributed by atoms with Crippen LogP contribution in [0.15, 0.2) is 24.3 Å². The normalized spacial score (nSPS) is 16.5. The number of nitrogens with one attached hydrogen (secondary N) is 2. The van der Waals surface area contributed by atoms with Crippen molar-refractivity contribution in [3.05, 3.63) is 29.8 Å². The fourth-order valence-corrected chi connectivity index (χ4v) is 5.33. The van der Waals surface area contributed by atoms with Gasteiger partial charge < -0.3 is 41.3 Å². The second-order valence-corrected chi connectivity index (χ2v) is 11.7. The van der Waals surface area contributed by atoms with Crippen molar-refractivity contribution in [3.63, 3.8) is 0 Å². The first-order chi connectivity index (χ1) is 22.2. The minimum atomic E-state index is -1.10. The number of rotatable bonds is 16. The number of aliphatic carboxylic acids is 5. The van der Waals surface area contributed by atoms with Crippen molar-refractivity contribution in [1.29, 1.82) is 0 Å². The Balaban J connectivity index is 0.0000115. The summed E-state index contributed by atoms with van der Waals surface area (Å²) in [6, 6.07) is 6.52. The number of nitrogens with zero attached hydrogens (tertiary/aromatic N) is 4. The van der Waals surface area contributed by atoms with Crippen molar-refractivity contribution in [2.45, 2.75) is 24.9 Å². The third kappa shape index (κ3) is 18.8. The van der Waals surface area contributed by atoms with Gasteiger partial charge in [-0.2, -0.15) is 0 Å². The predicted molar refractivity (Wildman–Crippen MR) is 173 cm³/mol. The Hall–Kier alpha value is -2.62. The van der Waals surface area contributed by atoms with Crippen molar-refractivity contribution in [2.24, 2.45) is 0 Å². The zero-order valence-electron chi connectivity index (χ0n) is 26.3. The molecule has 0 saturated carbocycles. The molecule has 0 amide bonds. The number of carboxylic acids is 5. The van der Waals surface area contributed by atoms with E-state index in [4.69, 9.17) is 22.4 Å². The first-order valence-corrected chi connectivity index (χ1v) is 15.4. The van der Waals surface area contributed by atoms with Crippen molar-refractivity contribution >= 4 is 52.9 Å². The Labute approximate surface area is 315 Å². The van der Waals surface area contributed by atoms with Crippen molar-refractivity contribution in [1.82, 2.24) is 24.9 Å². The summed E-state index contributed by atoms with van der Waals surface area (Å²) in [5.74, 6) is -5.98. The van der Waals surface area contributed by atoms with Gasteiger partial charge in [-0.05, 0) is 29.9 Å². The van der Waals surface area contributed by atoms with Gasteiger partial charge in [0.05, 0.1) is 38.6 Å². The summed E-state index contributed by atoms with van der Waals surface area (Å²) in [7, 11) is 0. The fourth-order valence-electron chi connectivity index (χ4n) is 5.13. The number of thiocarbonyl (C=S) groups is 1. The van der Waals surface area contributed by atoms with Crippen molar-refractivity contribution in [3.8, 4) is 0 Å². The molecule has 0 spiro atoms. The molecule has 0 bridgehead atoms. The molecule has 1 heterocycles. The van der Waals surface area contributed by atoms with E-state index in [-0.39, 0.29) is 117 Å². The number of anilines is 1. The number of aliphatic hydroxyl groups excluding tert-OH is 1. The standard InChI is InChI=1S/C29H44N6O11S.Gd/c36-23(15-30-29(47)31-22-3-1-20(2-4-22)21(13-24(37)38)14-25(39)40)16-32-5-7-33(17-26(41)42)9-11-35(19-28(45)46)12-10-34(8-6-32)18-27(43)44;/h1-4,21,23,36H,5-19H2,(H,37,38)(H,39,40)(H,41,42)(H,43,44)(H,45,46)(H2,30,31,47);. The van der Waals surface area contributed by atoms with E-state index in [1.165, 1.54) is 0 Å². The maximum atomic E-state index is 11.5. The first-order valence-electron chi connectivity index (χ1n) is 15.0. The second-order valence-electron chi connectivity index (χ2n) is 11.3. The van der Waals surface area contributed by atoms with E-state index in [9.17, 15) is 44.4 Å². The quantitative estimate of drug-likeness (QED) is 0.0916. The van der Waals surface area contributed by atoms with Crippen LogP contribution >= 0.6 is 12.2 Å². The maximum absolute atomic E-state index is 11.5. The van der Waals surface area contributed by atoms with E-state index in [0.717, 1.165) is 0 Å². The molecule has 1 aliphatic rings. The van der Waals surface area contributed by atoms with Crippen molar-refractivity contribution < 1.29 is 94.6 Å². The molecule has 1 fully saturated rings. The molecule has 0 aromatic heterocycles. The van der Waals surface area contributed by atoms with Crippen LogP contribution in [0.3, 0.4) is 0 Å². The van der Waals surface area contributed by atoms with Gasteiger partial charge in [-0.15, -0.1) is 0 Å². The van der Waals surface area contributed by atoms with Gasteiger partial charge in [-0.3, -0.25) is 43.6 Å². The van der Waals surface area contributed by atoms with Gasteiger partial charge in [0.2, 0.25) is 0 Å². The average molecular weight is 842 g/mol. The molecule has 1 aromatic rings. The van der Waals surface area contributed by atoms with E-state index in [1.54, 1.807) is 39.0 Å². The summed E-state index contributed by atoms with van der Waals surface area (Å²) in [4.78, 5) is 63.5. The molecule has 1 aromatic carbocycles. The van der Waals surface area contributed by atoms with Gasteiger partial charge in [-0.25, -0.2) is 0 Å². The van der Waals surface area contributed by atoms with Crippen molar-refractivity contribution in [2.75, 3.05) is 90.4 Å². The number of hydrogen-bond acceptors (Lipinski definition) is 11. The summed E-state index contributed by atoms with van der Waals surface area (Å²) in [5, 5.41) is 63.2. The minimum Gasteiger partial charge on any atom is -0.481 e. The predicted octanol–water partition coefficient (Wildman–Crippen LogP) is -1.16. The van der Waals surface area contributed by atoms with Gasteiger partial charge in [0, 0.05) is 117 Å². The number of hydrogen-bond donors (Lipinski definition) is 8. The fraction of sp³-hybridized carbons (Fsp3) is 0.586. The van der Waals surface area contributed by atoms with Gasteiger partial charge in [0.15, 0.2) is 5.11 Å². The van der Waals surface area contributed by atoms with E-state index >= 15 is 0 Å². The molecule has 0 radical (unpaired) electrons. The summed E-state index contributed by atoms with van der Waals surface area (Å²) in [6.07, 6.45) is -1.56. The number of carbonyl (C=O) groups is 5. The Bertz CT molecular complexity index is 1180. The SMILES string of the molecule is O=C(O)CC(CC(=O)O)c1ccc(NC(=S)NCC(O)CN2CCN(CC(=O)O)CCN(CC(=O)O)CCN(CC(=O)O)CC2)cc1.[Gd]. The summed E-state index contributed by atoms with van der Waals surface area (Å²) >= 11 is 5.34. The molecule has 17 nitrogen and oxygen atoms in total. The van der Waals surface area contributed by atoms with E-state index < -0.39 is 41.9 Å². The van der Waals surface area contributed by atoms with Crippen LogP contribution in [0.1, 0.15) is 24.3 Å². The molecule has 1 unspecified atom stereocenters. The Morgan fingerprint density at radius 2 is 1.02 bits per heavy atom. The summed E-state index contributed by atoms with van der Waals surface area (Å²) in [6.45, 7) is 2.00. The maximum Gasteiger partial charge on any atom is 0.317 e. The molecule has 0 aliphatic carbocycles. The Morgan fingerprint density at radius 3 is 1.38 bits per heavy atom. The Morgan fingerprint density at radius 1 is 0.646 bits per heavy atom. The molecule has 1 aliphatic heterocycles. The Kier molecular flexibility index (Phi) is 20.7. The third-order valence-corrected chi connectivity index (χ3v) is 7.70. The van der Waals surface area contributed by atoms with Crippen LogP contribution in [0.2, 0.25) is 0 Å². The molecule has 48 heavy (non-hydrogen) atoms. The zero-order chi connectivity index (χ0) is 34.9. The topological polar surface area (TPSA) is 244 Å². The van der Waals surface area contributed by atoms with E-state index in [1.807, 2.05) is 4.90 Å². The van der Waals surface area contributed by atoms with Gasteiger partial charge >= 0.3 is 29.8 Å². The molecular formula is C29H44GdN6O11S. The molecule has 19 heteroatoms. The molecule has 2 rings (SSSR count). The van der Waals surface area contributed by atoms with Crippen LogP contribution in [-0.4, -0.2) is 176 Å². The summed E-state index contributed by atoms with van der Waals surface area (Å²) < 4.78 is 0. The summed E-state index contributed by atoms with van der Waals surface area (Å²) in [5.41, 5.74) is 1.12. The number of aliphatic hydroxyl groups is 1. The zero-order valence-corrected chi connectivity index (χ0v) is 29.4. The largest absolute Gasteiger partial charge is 0.481 e. The smallest absolute Gasteiger partial charge is 0.317 e. The number of β-amino-alcohol motifs (C(OH)–C–C–N with tert-alkyl or cyclic N) is 1. The number of benzene rings is 1. The van der Waals surface area contributed by atoms with Crippen LogP contribution in [0.4, 0.5) is 5.69 Å². The number of carboxylic acid groups (broad SMARTS) is 5. The van der Waals surface area contributed by atoms with Gasteiger partial charge in [0.25, 0.3) is 0 Å². The molecule has 1 saturated heterocycles. The van der Waals surface area contributed by atoms with Crippen LogP contribution in [-0.2, 0) is 24.0 Å². The van der Waals surface area contributed by atoms with Crippen LogP contribution in [0, 0.1) is 39.9 Å². The van der Waals surface area contributed by atoms with Gasteiger partial charge in [0.1, 0.15) is 0 Å². The first kappa shape index (κ1) is 43.4. The van der Waals surface area contributed by atoms with Crippen LogP contribution in [0.5, 0.6) is 0 Å². The second kappa shape index (κ2) is 22.9. The average Bonchev–Trinajstić information content (AvgIpc) is 2.96. The molecule has 8 N–H and O–H groups in total. The third-order valence-electron chi connectivity index (χ3n) is 7.46. The monoisotopic (exact) mass is 842 g/mol. The van der Waals surface area contributed by atoms with E-state index in [2.05, 4.69) is 10.6 Å². The molecular weight excluding hydrogens is 798 g/mol. The van der Waals surface area contributed by atoms with E-state index in [0.29, 0.717) is 37.4 Å². The van der Waals surface area contributed by atoms with Crippen LogP contribution in [0.25, 0.3) is 0 Å². The van der Waals surface area contributed by atoms with Crippen LogP contribution < -0.4 is 10.6 Å². The minimum absolute atomic E-state index is 0.